The quantitative estimate of drug-likeness (QED) is 0.751. The zero-order chi connectivity index (χ0) is 11.1. The lowest BCUT2D eigenvalue weighted by Crippen LogP contribution is -2.37. The molecule has 1 aromatic rings. The van der Waals surface area contributed by atoms with Gasteiger partial charge in [-0.2, -0.15) is 0 Å². The predicted molar refractivity (Wildman–Crippen MR) is 67.2 cm³/mol. The lowest BCUT2D eigenvalue weighted by Gasteiger charge is -2.32. The smallest absolute Gasteiger partial charge is 0.00725 e. The molecule has 0 spiro atoms. The number of hydrogen-bond donors (Lipinski definition) is 1. The van der Waals surface area contributed by atoms with E-state index in [9.17, 15) is 0 Å². The molecule has 0 saturated carbocycles. The van der Waals surface area contributed by atoms with Crippen LogP contribution in [0.4, 0.5) is 0 Å². The summed E-state index contributed by atoms with van der Waals surface area (Å²) >= 11 is 0. The van der Waals surface area contributed by atoms with E-state index in [0.29, 0.717) is 5.41 Å². The monoisotopic (exact) mass is 205 g/mol. The van der Waals surface area contributed by atoms with Crippen LogP contribution in [0, 0.1) is 0 Å². The van der Waals surface area contributed by atoms with Crippen molar-refractivity contribution in [1.82, 2.24) is 5.32 Å². The lowest BCUT2D eigenvalue weighted by atomic mass is 9.76. The van der Waals surface area contributed by atoms with Crippen molar-refractivity contribution in [2.24, 2.45) is 0 Å². The highest BCUT2D eigenvalue weighted by Crippen LogP contribution is 2.30. The summed E-state index contributed by atoms with van der Waals surface area (Å²) in [5.41, 5.74) is 1.79. The van der Waals surface area contributed by atoms with Gasteiger partial charge in [-0.05, 0) is 24.9 Å². The molecule has 1 rings (SSSR count). The van der Waals surface area contributed by atoms with Crippen molar-refractivity contribution in [3.63, 3.8) is 0 Å². The topological polar surface area (TPSA) is 12.0 Å². The number of benzene rings is 1. The third-order valence-corrected chi connectivity index (χ3v) is 3.45. The van der Waals surface area contributed by atoms with Crippen LogP contribution in [0.2, 0.25) is 0 Å². The van der Waals surface area contributed by atoms with Gasteiger partial charge in [-0.3, -0.25) is 0 Å². The van der Waals surface area contributed by atoms with Crippen LogP contribution < -0.4 is 5.32 Å². The minimum absolute atomic E-state index is 0.317. The molecule has 0 radical (unpaired) electrons. The van der Waals surface area contributed by atoms with E-state index in [2.05, 4.69) is 56.4 Å². The first-order valence-corrected chi connectivity index (χ1v) is 6.05. The first-order chi connectivity index (χ1) is 7.29. The number of rotatable bonds is 6. The Morgan fingerprint density at radius 2 is 1.60 bits per heavy atom. The molecule has 1 N–H and O–H groups in total. The van der Waals surface area contributed by atoms with Crippen LogP contribution in [0.5, 0.6) is 0 Å². The average Bonchev–Trinajstić information content (AvgIpc) is 2.33. The first-order valence-electron chi connectivity index (χ1n) is 6.05. The molecule has 15 heavy (non-hydrogen) atoms. The molecule has 0 aliphatic heterocycles. The van der Waals surface area contributed by atoms with Crippen molar-refractivity contribution in [1.29, 1.82) is 0 Å². The van der Waals surface area contributed by atoms with Gasteiger partial charge in [0.05, 0.1) is 0 Å². The second-order valence-electron chi connectivity index (χ2n) is 4.13. The SMILES string of the molecule is CCNCC(CC)(CC)c1ccccc1. The van der Waals surface area contributed by atoms with Gasteiger partial charge in [0.25, 0.3) is 0 Å². The van der Waals surface area contributed by atoms with Crippen LogP contribution in [0.15, 0.2) is 30.3 Å². The molecule has 1 aromatic carbocycles. The van der Waals surface area contributed by atoms with Crippen molar-refractivity contribution < 1.29 is 0 Å². The summed E-state index contributed by atoms with van der Waals surface area (Å²) in [7, 11) is 0. The maximum absolute atomic E-state index is 3.49. The second kappa shape index (κ2) is 5.92. The standard InChI is InChI=1S/C14H23N/c1-4-14(5-2,12-15-6-3)13-10-8-7-9-11-13/h7-11,15H,4-6,12H2,1-3H3. The molecule has 1 nitrogen and oxygen atoms in total. The van der Waals surface area contributed by atoms with Gasteiger partial charge in [0.15, 0.2) is 0 Å². The zero-order valence-corrected chi connectivity index (χ0v) is 10.2. The van der Waals surface area contributed by atoms with E-state index in [-0.39, 0.29) is 0 Å². The Morgan fingerprint density at radius 3 is 2.07 bits per heavy atom. The fourth-order valence-corrected chi connectivity index (χ4v) is 2.17. The van der Waals surface area contributed by atoms with Gasteiger partial charge in [-0.1, -0.05) is 51.1 Å². The van der Waals surface area contributed by atoms with Crippen molar-refractivity contribution in [2.75, 3.05) is 13.1 Å². The van der Waals surface area contributed by atoms with Crippen LogP contribution in [0.1, 0.15) is 39.2 Å². The summed E-state index contributed by atoms with van der Waals surface area (Å²) in [5.74, 6) is 0. The zero-order valence-electron chi connectivity index (χ0n) is 10.2. The van der Waals surface area contributed by atoms with E-state index >= 15 is 0 Å². The molecule has 0 aliphatic rings. The maximum Gasteiger partial charge on any atom is 0.00725 e. The molecule has 1 heteroatoms. The minimum Gasteiger partial charge on any atom is -0.316 e. The fraction of sp³-hybridized carbons (Fsp3) is 0.571. The van der Waals surface area contributed by atoms with Gasteiger partial charge in [0.2, 0.25) is 0 Å². The largest absolute Gasteiger partial charge is 0.316 e. The molecule has 0 aliphatic carbocycles. The number of nitrogens with one attached hydrogen (secondary N) is 1. The Morgan fingerprint density at radius 1 is 1.00 bits per heavy atom. The van der Waals surface area contributed by atoms with E-state index in [1.807, 2.05) is 0 Å². The molecule has 0 bridgehead atoms. The van der Waals surface area contributed by atoms with E-state index in [4.69, 9.17) is 0 Å². The highest BCUT2D eigenvalue weighted by atomic mass is 14.9. The van der Waals surface area contributed by atoms with Gasteiger partial charge in [-0.15, -0.1) is 0 Å². The van der Waals surface area contributed by atoms with Crippen LogP contribution in [0.3, 0.4) is 0 Å². The number of likely N-dealkylation sites (N-methyl/N-ethyl adjacent to an activating group) is 1. The molecular formula is C14H23N. The van der Waals surface area contributed by atoms with E-state index in [1.54, 1.807) is 0 Å². The molecule has 0 aromatic heterocycles. The van der Waals surface area contributed by atoms with Crippen molar-refractivity contribution in [2.45, 2.75) is 39.0 Å². The third kappa shape index (κ3) is 2.82. The molecule has 0 amide bonds. The van der Waals surface area contributed by atoms with Gasteiger partial charge in [0.1, 0.15) is 0 Å². The molecule has 0 atom stereocenters. The Balaban J connectivity index is 2.89. The Bertz CT molecular complexity index is 262. The van der Waals surface area contributed by atoms with Gasteiger partial charge >= 0.3 is 0 Å². The molecular weight excluding hydrogens is 182 g/mol. The summed E-state index contributed by atoms with van der Waals surface area (Å²) in [5, 5.41) is 3.49. The van der Waals surface area contributed by atoms with E-state index < -0.39 is 0 Å². The molecule has 0 fully saturated rings. The molecule has 0 unspecified atom stereocenters. The van der Waals surface area contributed by atoms with Gasteiger partial charge in [0, 0.05) is 12.0 Å². The summed E-state index contributed by atoms with van der Waals surface area (Å²) in [4.78, 5) is 0. The fourth-order valence-electron chi connectivity index (χ4n) is 2.17. The second-order valence-corrected chi connectivity index (χ2v) is 4.13. The average molecular weight is 205 g/mol. The van der Waals surface area contributed by atoms with Crippen LogP contribution >= 0.6 is 0 Å². The molecule has 0 heterocycles. The van der Waals surface area contributed by atoms with E-state index in [0.717, 1.165) is 13.1 Å². The van der Waals surface area contributed by atoms with Crippen LogP contribution in [-0.4, -0.2) is 13.1 Å². The summed E-state index contributed by atoms with van der Waals surface area (Å²) in [6.07, 6.45) is 2.39. The summed E-state index contributed by atoms with van der Waals surface area (Å²) in [6, 6.07) is 10.9. The van der Waals surface area contributed by atoms with Crippen molar-refractivity contribution in [3.05, 3.63) is 35.9 Å². The predicted octanol–water partition coefficient (Wildman–Crippen LogP) is 3.35. The van der Waals surface area contributed by atoms with Gasteiger partial charge in [-0.25, -0.2) is 0 Å². The normalized spacial score (nSPS) is 11.7. The van der Waals surface area contributed by atoms with Crippen LogP contribution in [0.25, 0.3) is 0 Å². The third-order valence-electron chi connectivity index (χ3n) is 3.45. The first kappa shape index (κ1) is 12.3. The molecule has 84 valence electrons. The summed E-state index contributed by atoms with van der Waals surface area (Å²) in [6.45, 7) is 8.87. The Labute approximate surface area is 93.9 Å². The minimum atomic E-state index is 0.317. The highest BCUT2D eigenvalue weighted by molar-refractivity contribution is 5.25. The summed E-state index contributed by atoms with van der Waals surface area (Å²) < 4.78 is 0. The Hall–Kier alpha value is -0.820. The highest BCUT2D eigenvalue weighted by Gasteiger charge is 2.27. The number of hydrogen-bond acceptors (Lipinski definition) is 1. The molecule has 0 saturated heterocycles. The van der Waals surface area contributed by atoms with Crippen molar-refractivity contribution >= 4 is 0 Å². The maximum atomic E-state index is 3.49. The lowest BCUT2D eigenvalue weighted by molar-refractivity contribution is 0.372. The van der Waals surface area contributed by atoms with E-state index in [1.165, 1.54) is 18.4 Å². The van der Waals surface area contributed by atoms with Crippen molar-refractivity contribution in [3.8, 4) is 0 Å². The van der Waals surface area contributed by atoms with Crippen LogP contribution in [-0.2, 0) is 5.41 Å². The van der Waals surface area contributed by atoms with Gasteiger partial charge < -0.3 is 5.32 Å². The Kier molecular flexibility index (Phi) is 4.83.